The molecule has 1 aromatic carbocycles. The lowest BCUT2D eigenvalue weighted by Gasteiger charge is -2.14. The van der Waals surface area contributed by atoms with Crippen LogP contribution < -0.4 is 5.32 Å². The third-order valence-corrected chi connectivity index (χ3v) is 3.85. The van der Waals surface area contributed by atoms with Crippen molar-refractivity contribution in [3.05, 3.63) is 33.8 Å². The first-order valence-electron chi connectivity index (χ1n) is 5.42. The summed E-state index contributed by atoms with van der Waals surface area (Å²) in [5, 5.41) is 2.65. The Balaban J connectivity index is 2.93. The van der Waals surface area contributed by atoms with Crippen LogP contribution in [0.15, 0.2) is 22.7 Å². The molecule has 1 rings (SSSR count). The number of halogens is 4. The predicted octanol–water partition coefficient (Wildman–Crippen LogP) is 3.95. The number of alkyl halides is 3. The molecule has 0 aliphatic heterocycles. The van der Waals surface area contributed by atoms with Gasteiger partial charge in [0.2, 0.25) is 0 Å². The minimum absolute atomic E-state index is 0.00322. The molecule has 1 unspecified atom stereocenters. The van der Waals surface area contributed by atoms with Gasteiger partial charge in [0.15, 0.2) is 0 Å². The van der Waals surface area contributed by atoms with E-state index in [4.69, 9.17) is 0 Å². The molecule has 0 saturated heterocycles. The summed E-state index contributed by atoms with van der Waals surface area (Å²) < 4.78 is 38.1. The third-order valence-electron chi connectivity index (χ3n) is 2.33. The van der Waals surface area contributed by atoms with Gasteiger partial charge in [-0.05, 0) is 31.4 Å². The van der Waals surface area contributed by atoms with E-state index in [-0.39, 0.29) is 16.1 Å². The molecule has 0 spiro atoms. The minimum Gasteiger partial charge on any atom is -0.349 e. The molecule has 0 radical (unpaired) electrons. The van der Waals surface area contributed by atoms with Crippen LogP contribution in [0.1, 0.15) is 22.8 Å². The lowest BCUT2D eigenvalue weighted by atomic mass is 10.1. The number of carbonyl (C=O) groups excluding carboxylic acids is 1. The lowest BCUT2D eigenvalue weighted by Crippen LogP contribution is -2.34. The summed E-state index contributed by atoms with van der Waals surface area (Å²) in [5.41, 5.74) is -0.846. The molecule has 2 nitrogen and oxygen atoms in total. The topological polar surface area (TPSA) is 29.1 Å². The molecular weight excluding hydrogens is 343 g/mol. The summed E-state index contributed by atoms with van der Waals surface area (Å²) in [6, 6.07) is 3.35. The van der Waals surface area contributed by atoms with Crippen LogP contribution in [0.4, 0.5) is 13.2 Å². The fourth-order valence-corrected chi connectivity index (χ4v) is 2.54. The molecule has 1 aromatic rings. The van der Waals surface area contributed by atoms with Crippen LogP contribution in [0.5, 0.6) is 0 Å². The van der Waals surface area contributed by atoms with Gasteiger partial charge >= 0.3 is 6.18 Å². The number of benzene rings is 1. The van der Waals surface area contributed by atoms with Crippen LogP contribution in [0.2, 0.25) is 0 Å². The van der Waals surface area contributed by atoms with Crippen molar-refractivity contribution < 1.29 is 18.0 Å². The highest BCUT2D eigenvalue weighted by Crippen LogP contribution is 2.35. The number of hydrogen-bond acceptors (Lipinski definition) is 2. The van der Waals surface area contributed by atoms with Gasteiger partial charge in [-0.1, -0.05) is 15.9 Å². The highest BCUT2D eigenvalue weighted by molar-refractivity contribution is 9.10. The van der Waals surface area contributed by atoms with E-state index >= 15 is 0 Å². The number of thioether (sulfide) groups is 1. The third kappa shape index (κ3) is 4.72. The molecule has 0 bridgehead atoms. The molecule has 0 saturated carbocycles. The fraction of sp³-hybridized carbons (Fsp3) is 0.417. The maximum absolute atomic E-state index is 12.7. The van der Waals surface area contributed by atoms with Crippen molar-refractivity contribution in [2.45, 2.75) is 19.1 Å². The Morgan fingerprint density at radius 3 is 2.63 bits per heavy atom. The van der Waals surface area contributed by atoms with Gasteiger partial charge in [-0.3, -0.25) is 4.79 Å². The Morgan fingerprint density at radius 2 is 2.11 bits per heavy atom. The van der Waals surface area contributed by atoms with Crippen LogP contribution in [-0.2, 0) is 6.18 Å². The molecule has 0 aliphatic rings. The van der Waals surface area contributed by atoms with E-state index in [1.807, 2.05) is 6.26 Å². The van der Waals surface area contributed by atoms with Crippen molar-refractivity contribution in [1.82, 2.24) is 5.32 Å². The van der Waals surface area contributed by atoms with Gasteiger partial charge in [0, 0.05) is 21.8 Å². The number of amides is 1. The monoisotopic (exact) mass is 355 g/mol. The summed E-state index contributed by atoms with van der Waals surface area (Å²) in [6.07, 6.45) is -2.59. The second-order valence-corrected chi connectivity index (χ2v) is 5.79. The van der Waals surface area contributed by atoms with E-state index in [0.717, 1.165) is 6.07 Å². The summed E-state index contributed by atoms with van der Waals surface area (Å²) in [6.45, 7) is 1.80. The van der Waals surface area contributed by atoms with E-state index in [0.29, 0.717) is 5.75 Å². The molecule has 19 heavy (non-hydrogen) atoms. The largest absolute Gasteiger partial charge is 0.417 e. The van der Waals surface area contributed by atoms with Crippen molar-refractivity contribution in [2.75, 3.05) is 12.0 Å². The summed E-state index contributed by atoms with van der Waals surface area (Å²) >= 11 is 4.39. The molecule has 106 valence electrons. The molecule has 0 fully saturated rings. The Labute approximate surface area is 122 Å². The van der Waals surface area contributed by atoms with Crippen molar-refractivity contribution in [1.29, 1.82) is 0 Å². The lowest BCUT2D eigenvalue weighted by molar-refractivity contribution is -0.138. The first kappa shape index (κ1) is 16.4. The van der Waals surface area contributed by atoms with Crippen LogP contribution >= 0.6 is 27.7 Å². The Bertz CT molecular complexity index is 465. The molecule has 0 aliphatic carbocycles. The van der Waals surface area contributed by atoms with Gasteiger partial charge in [-0.2, -0.15) is 24.9 Å². The molecule has 1 N–H and O–H groups in total. The first-order chi connectivity index (χ1) is 8.75. The molecule has 1 atom stereocenters. The highest BCUT2D eigenvalue weighted by atomic mass is 79.9. The quantitative estimate of drug-likeness (QED) is 0.885. The number of carbonyl (C=O) groups is 1. The summed E-state index contributed by atoms with van der Waals surface area (Å²) in [5.74, 6) is 0.202. The van der Waals surface area contributed by atoms with Gasteiger partial charge in [0.05, 0.1) is 5.56 Å². The standard InChI is InChI=1S/C12H13BrF3NOS/c1-7(6-19-2)17-11(18)8-3-4-10(13)9(5-8)12(14,15)16/h3-5,7H,6H2,1-2H3,(H,17,18). The smallest absolute Gasteiger partial charge is 0.349 e. The Kier molecular flexibility index (Phi) is 5.73. The summed E-state index contributed by atoms with van der Waals surface area (Å²) in [7, 11) is 0. The van der Waals surface area contributed by atoms with Gasteiger partial charge in [0.25, 0.3) is 5.91 Å². The van der Waals surface area contributed by atoms with E-state index in [2.05, 4.69) is 21.2 Å². The van der Waals surface area contributed by atoms with E-state index < -0.39 is 17.6 Å². The molecule has 7 heteroatoms. The van der Waals surface area contributed by atoms with Crippen LogP contribution in [-0.4, -0.2) is 24.0 Å². The Morgan fingerprint density at radius 1 is 1.47 bits per heavy atom. The van der Waals surface area contributed by atoms with Crippen LogP contribution in [0.25, 0.3) is 0 Å². The van der Waals surface area contributed by atoms with Gasteiger partial charge in [-0.15, -0.1) is 0 Å². The normalized spacial score (nSPS) is 13.2. The van der Waals surface area contributed by atoms with Crippen molar-refractivity contribution in [3.63, 3.8) is 0 Å². The molecule has 0 heterocycles. The zero-order chi connectivity index (χ0) is 14.6. The molecule has 1 amide bonds. The maximum atomic E-state index is 12.7. The second-order valence-electron chi connectivity index (χ2n) is 4.02. The average molecular weight is 356 g/mol. The van der Waals surface area contributed by atoms with Crippen LogP contribution in [0.3, 0.4) is 0 Å². The van der Waals surface area contributed by atoms with Crippen LogP contribution in [0, 0.1) is 0 Å². The zero-order valence-electron chi connectivity index (χ0n) is 10.3. The van der Waals surface area contributed by atoms with Gasteiger partial charge in [-0.25, -0.2) is 0 Å². The van der Waals surface area contributed by atoms with E-state index in [9.17, 15) is 18.0 Å². The fourth-order valence-electron chi connectivity index (χ4n) is 1.48. The van der Waals surface area contributed by atoms with Crippen molar-refractivity contribution in [3.8, 4) is 0 Å². The van der Waals surface area contributed by atoms with Crippen molar-refractivity contribution >= 4 is 33.6 Å². The SMILES string of the molecule is CSCC(C)NC(=O)c1ccc(Br)c(C(F)(F)F)c1. The van der Waals surface area contributed by atoms with E-state index in [1.54, 1.807) is 18.7 Å². The molecule has 0 aromatic heterocycles. The maximum Gasteiger partial charge on any atom is 0.417 e. The zero-order valence-corrected chi connectivity index (χ0v) is 12.7. The minimum atomic E-state index is -4.49. The Hall–Kier alpha value is -0.690. The predicted molar refractivity (Wildman–Crippen MR) is 74.5 cm³/mol. The van der Waals surface area contributed by atoms with E-state index in [1.165, 1.54) is 12.1 Å². The summed E-state index contributed by atoms with van der Waals surface area (Å²) in [4.78, 5) is 11.8. The van der Waals surface area contributed by atoms with Crippen molar-refractivity contribution in [2.24, 2.45) is 0 Å². The van der Waals surface area contributed by atoms with Gasteiger partial charge < -0.3 is 5.32 Å². The molecular formula is C12H13BrF3NOS. The first-order valence-corrected chi connectivity index (χ1v) is 7.61. The number of hydrogen-bond donors (Lipinski definition) is 1. The second kappa shape index (κ2) is 6.65. The highest BCUT2D eigenvalue weighted by Gasteiger charge is 2.33. The van der Waals surface area contributed by atoms with Gasteiger partial charge in [0.1, 0.15) is 0 Å². The number of nitrogens with one attached hydrogen (secondary N) is 1. The number of rotatable bonds is 4. The average Bonchev–Trinajstić information content (AvgIpc) is 2.27.